The van der Waals surface area contributed by atoms with Crippen LogP contribution in [0.4, 0.5) is 0 Å². The van der Waals surface area contributed by atoms with Gasteiger partial charge in [0.2, 0.25) is 0 Å². The molecule has 4 nitrogen and oxygen atoms in total. The summed E-state index contributed by atoms with van der Waals surface area (Å²) in [7, 11) is 0. The van der Waals surface area contributed by atoms with Gasteiger partial charge in [0.1, 0.15) is 0 Å². The summed E-state index contributed by atoms with van der Waals surface area (Å²) in [6.07, 6.45) is 3.68. The lowest BCUT2D eigenvalue weighted by atomic mass is 9.94. The molecule has 1 atom stereocenters. The predicted molar refractivity (Wildman–Crippen MR) is 63.5 cm³/mol. The lowest BCUT2D eigenvalue weighted by Gasteiger charge is -2.22. The van der Waals surface area contributed by atoms with Crippen LogP contribution in [-0.4, -0.2) is 23.3 Å². The Morgan fingerprint density at radius 2 is 2.24 bits per heavy atom. The molecule has 17 heavy (non-hydrogen) atoms. The highest BCUT2D eigenvalue weighted by atomic mass is 16.5. The van der Waals surface area contributed by atoms with E-state index in [1.54, 1.807) is 12.2 Å². The van der Waals surface area contributed by atoms with Gasteiger partial charge >= 0.3 is 5.97 Å². The minimum atomic E-state index is -1.22. The number of aliphatic carboxylic acids is 1. The number of rotatable bonds is 4. The molecule has 1 aliphatic heterocycles. The van der Waals surface area contributed by atoms with E-state index in [1.165, 1.54) is 0 Å². The van der Waals surface area contributed by atoms with Crippen LogP contribution >= 0.6 is 0 Å². The molecule has 1 aromatic rings. The Hall–Kier alpha value is -1.65. The van der Waals surface area contributed by atoms with E-state index in [0.717, 1.165) is 11.1 Å². The average molecular weight is 233 g/mol. The van der Waals surface area contributed by atoms with E-state index >= 15 is 0 Å². The maximum absolute atomic E-state index is 11.3. The summed E-state index contributed by atoms with van der Waals surface area (Å²) in [6.45, 7) is 0.799. The quantitative estimate of drug-likeness (QED) is 0.764. The van der Waals surface area contributed by atoms with E-state index in [0.29, 0.717) is 19.6 Å². The summed E-state index contributed by atoms with van der Waals surface area (Å²) in [5.74, 6) is -0.954. The third kappa shape index (κ3) is 2.38. The molecule has 0 bridgehead atoms. The third-order valence-electron chi connectivity index (χ3n) is 2.88. The van der Waals surface area contributed by atoms with E-state index in [2.05, 4.69) is 0 Å². The number of carboxylic acids is 1. The zero-order chi connectivity index (χ0) is 12.3. The fourth-order valence-corrected chi connectivity index (χ4v) is 1.97. The minimum Gasteiger partial charge on any atom is -0.479 e. The van der Waals surface area contributed by atoms with Crippen LogP contribution in [0.5, 0.6) is 0 Å². The van der Waals surface area contributed by atoms with Gasteiger partial charge in [-0.25, -0.2) is 4.79 Å². The SMILES string of the molecule is NCc1cccc(CC2(C(=O)O)C=CCO2)c1. The van der Waals surface area contributed by atoms with Crippen LogP contribution in [0, 0.1) is 0 Å². The second kappa shape index (κ2) is 4.69. The van der Waals surface area contributed by atoms with Crippen molar-refractivity contribution in [2.24, 2.45) is 5.73 Å². The Morgan fingerprint density at radius 1 is 1.47 bits per heavy atom. The van der Waals surface area contributed by atoms with Gasteiger partial charge in [0.15, 0.2) is 5.60 Å². The van der Waals surface area contributed by atoms with E-state index in [-0.39, 0.29) is 0 Å². The second-order valence-electron chi connectivity index (χ2n) is 4.11. The molecule has 0 amide bonds. The molecule has 0 radical (unpaired) electrons. The number of benzene rings is 1. The van der Waals surface area contributed by atoms with Crippen LogP contribution in [0.1, 0.15) is 11.1 Å². The van der Waals surface area contributed by atoms with Crippen molar-refractivity contribution in [2.75, 3.05) is 6.61 Å². The molecule has 1 aliphatic rings. The summed E-state index contributed by atoms with van der Waals surface area (Å²) in [5, 5.41) is 9.25. The van der Waals surface area contributed by atoms with Crippen molar-refractivity contribution in [3.8, 4) is 0 Å². The molecule has 0 aliphatic carbocycles. The van der Waals surface area contributed by atoms with E-state index in [9.17, 15) is 9.90 Å². The van der Waals surface area contributed by atoms with Crippen molar-refractivity contribution >= 4 is 5.97 Å². The highest BCUT2D eigenvalue weighted by Gasteiger charge is 2.39. The zero-order valence-corrected chi connectivity index (χ0v) is 9.43. The molecule has 0 aromatic heterocycles. The van der Waals surface area contributed by atoms with Gasteiger partial charge in [0, 0.05) is 13.0 Å². The molecular formula is C13H15NO3. The molecule has 0 saturated heterocycles. The van der Waals surface area contributed by atoms with Crippen molar-refractivity contribution in [3.05, 3.63) is 47.5 Å². The molecule has 3 N–H and O–H groups in total. The van der Waals surface area contributed by atoms with E-state index in [4.69, 9.17) is 10.5 Å². The Kier molecular flexibility index (Phi) is 3.26. The van der Waals surface area contributed by atoms with Crippen LogP contribution in [0.2, 0.25) is 0 Å². The fraction of sp³-hybridized carbons (Fsp3) is 0.308. The Balaban J connectivity index is 2.23. The Bertz CT molecular complexity index is 456. The first-order valence-electron chi connectivity index (χ1n) is 5.49. The third-order valence-corrected chi connectivity index (χ3v) is 2.88. The standard InChI is InChI=1S/C13H15NO3/c14-9-11-4-1-3-10(7-11)8-13(12(15)16)5-2-6-17-13/h1-5,7H,6,8-9,14H2,(H,15,16). The molecule has 0 spiro atoms. The highest BCUT2D eigenvalue weighted by molar-refractivity contribution is 5.81. The fourth-order valence-electron chi connectivity index (χ4n) is 1.97. The van der Waals surface area contributed by atoms with Crippen molar-refractivity contribution in [3.63, 3.8) is 0 Å². The second-order valence-corrected chi connectivity index (χ2v) is 4.11. The lowest BCUT2D eigenvalue weighted by molar-refractivity contribution is -0.156. The van der Waals surface area contributed by atoms with Gasteiger partial charge in [-0.05, 0) is 17.2 Å². The monoisotopic (exact) mass is 233 g/mol. The molecule has 2 rings (SSSR count). The molecule has 0 fully saturated rings. The van der Waals surface area contributed by atoms with E-state index < -0.39 is 11.6 Å². The molecular weight excluding hydrogens is 218 g/mol. The topological polar surface area (TPSA) is 72.6 Å². The smallest absolute Gasteiger partial charge is 0.340 e. The zero-order valence-electron chi connectivity index (χ0n) is 9.43. The minimum absolute atomic E-state index is 0.326. The van der Waals surface area contributed by atoms with Gasteiger partial charge in [-0.15, -0.1) is 0 Å². The van der Waals surface area contributed by atoms with Crippen LogP contribution < -0.4 is 5.73 Å². The molecule has 0 saturated carbocycles. The lowest BCUT2D eigenvalue weighted by Crippen LogP contribution is -2.39. The first kappa shape index (κ1) is 11.8. The van der Waals surface area contributed by atoms with Crippen LogP contribution in [-0.2, 0) is 22.5 Å². The van der Waals surface area contributed by atoms with Crippen LogP contribution in [0.15, 0.2) is 36.4 Å². The molecule has 4 heteroatoms. The van der Waals surface area contributed by atoms with Gasteiger partial charge in [0.05, 0.1) is 6.61 Å². The largest absolute Gasteiger partial charge is 0.479 e. The number of carbonyl (C=O) groups is 1. The first-order valence-corrected chi connectivity index (χ1v) is 5.49. The van der Waals surface area contributed by atoms with Gasteiger partial charge in [-0.3, -0.25) is 0 Å². The van der Waals surface area contributed by atoms with Gasteiger partial charge in [0.25, 0.3) is 0 Å². The number of carboxylic acid groups (broad SMARTS) is 1. The van der Waals surface area contributed by atoms with Gasteiger partial charge in [-0.1, -0.05) is 30.3 Å². The number of ether oxygens (including phenoxy) is 1. The van der Waals surface area contributed by atoms with Crippen LogP contribution in [0.3, 0.4) is 0 Å². The van der Waals surface area contributed by atoms with Crippen molar-refractivity contribution in [1.82, 2.24) is 0 Å². The van der Waals surface area contributed by atoms with Gasteiger partial charge < -0.3 is 15.6 Å². The maximum atomic E-state index is 11.3. The molecule has 90 valence electrons. The molecule has 1 aromatic carbocycles. The summed E-state index contributed by atoms with van der Waals surface area (Å²) >= 11 is 0. The van der Waals surface area contributed by atoms with Crippen molar-refractivity contribution in [1.29, 1.82) is 0 Å². The summed E-state index contributed by atoms with van der Waals surface area (Å²) < 4.78 is 5.34. The summed E-state index contributed by atoms with van der Waals surface area (Å²) in [4.78, 5) is 11.3. The van der Waals surface area contributed by atoms with Gasteiger partial charge in [-0.2, -0.15) is 0 Å². The molecule has 1 unspecified atom stereocenters. The maximum Gasteiger partial charge on any atom is 0.340 e. The Morgan fingerprint density at radius 3 is 2.82 bits per heavy atom. The average Bonchev–Trinajstić information content (AvgIpc) is 2.79. The summed E-state index contributed by atoms with van der Waals surface area (Å²) in [6, 6.07) is 7.60. The van der Waals surface area contributed by atoms with Crippen molar-refractivity contribution < 1.29 is 14.6 Å². The summed E-state index contributed by atoms with van der Waals surface area (Å²) in [5.41, 5.74) is 6.25. The Labute approximate surface area is 99.7 Å². The number of nitrogens with two attached hydrogens (primary N) is 1. The number of hydrogen-bond acceptors (Lipinski definition) is 3. The van der Waals surface area contributed by atoms with Crippen molar-refractivity contribution in [2.45, 2.75) is 18.6 Å². The predicted octanol–water partition coefficient (Wildman–Crippen LogP) is 1.10. The van der Waals surface area contributed by atoms with E-state index in [1.807, 2.05) is 24.3 Å². The first-order chi connectivity index (χ1) is 8.16. The highest BCUT2D eigenvalue weighted by Crippen LogP contribution is 2.25. The van der Waals surface area contributed by atoms with Crippen LogP contribution in [0.25, 0.3) is 0 Å². The number of hydrogen-bond donors (Lipinski definition) is 2. The molecule has 1 heterocycles. The normalized spacial score (nSPS) is 22.9.